The lowest BCUT2D eigenvalue weighted by Crippen LogP contribution is -2.42. The van der Waals surface area contributed by atoms with E-state index < -0.39 is 8.07 Å². The van der Waals surface area contributed by atoms with Crippen molar-refractivity contribution in [3.63, 3.8) is 0 Å². The molecular weight excluding hydrogens is 322 g/mol. The Hall–Kier alpha value is -1.53. The first-order valence-corrected chi connectivity index (χ1v) is 12.4. The van der Waals surface area contributed by atoms with E-state index in [9.17, 15) is 4.79 Å². The average Bonchev–Trinajstić information content (AvgIpc) is 2.55. The van der Waals surface area contributed by atoms with Gasteiger partial charge in [-0.2, -0.15) is 0 Å². The molecule has 1 aliphatic rings. The molecule has 1 N–H and O–H groups in total. The second kappa shape index (κ2) is 8.53. The molecule has 0 unspecified atom stereocenters. The van der Waals surface area contributed by atoms with Crippen LogP contribution < -0.4 is 4.74 Å². The summed E-state index contributed by atoms with van der Waals surface area (Å²) in [6, 6.07) is 8.48. The van der Waals surface area contributed by atoms with Gasteiger partial charge in [-0.25, -0.2) is 4.79 Å². The molecule has 0 saturated carbocycles. The highest BCUT2D eigenvalue weighted by Crippen LogP contribution is 2.20. The van der Waals surface area contributed by atoms with Gasteiger partial charge in [0, 0.05) is 34.0 Å². The Morgan fingerprint density at radius 3 is 2.38 bits per heavy atom. The van der Waals surface area contributed by atoms with Crippen LogP contribution >= 0.6 is 0 Å². The second-order valence-corrected chi connectivity index (χ2v) is 13.2. The number of aliphatic hydroxyl groups excluding tert-OH is 1. The molecule has 0 aromatic heterocycles. The molecule has 1 fully saturated rings. The number of likely N-dealkylation sites (tertiary alicyclic amines) is 1. The molecule has 1 heterocycles. The third-order valence-corrected chi connectivity index (χ3v) is 5.89. The van der Waals surface area contributed by atoms with Crippen molar-refractivity contribution in [2.45, 2.75) is 51.2 Å². The van der Waals surface area contributed by atoms with Gasteiger partial charge >= 0.3 is 6.09 Å². The Bertz CT molecular complexity index is 519. The van der Waals surface area contributed by atoms with Crippen LogP contribution in [0.5, 0.6) is 5.75 Å². The molecule has 24 heavy (non-hydrogen) atoms. The highest BCUT2D eigenvalue weighted by molar-refractivity contribution is 6.76. The van der Waals surface area contributed by atoms with Crippen LogP contribution in [0.1, 0.15) is 18.4 Å². The lowest BCUT2D eigenvalue weighted by atomic mass is 10.1. The van der Waals surface area contributed by atoms with Gasteiger partial charge in [0.1, 0.15) is 11.9 Å². The molecule has 6 heteroatoms. The normalized spacial score (nSPS) is 16.1. The van der Waals surface area contributed by atoms with E-state index in [0.717, 1.165) is 30.2 Å². The maximum Gasteiger partial charge on any atom is 0.409 e. The van der Waals surface area contributed by atoms with Crippen molar-refractivity contribution in [3.8, 4) is 5.75 Å². The van der Waals surface area contributed by atoms with Crippen molar-refractivity contribution in [1.29, 1.82) is 0 Å². The van der Waals surface area contributed by atoms with Crippen molar-refractivity contribution < 1.29 is 19.4 Å². The number of aliphatic hydroxyl groups is 1. The molecule has 0 atom stereocenters. The minimum atomic E-state index is -1.17. The monoisotopic (exact) mass is 351 g/mol. The highest BCUT2D eigenvalue weighted by atomic mass is 28.3. The van der Waals surface area contributed by atoms with Gasteiger partial charge in [0.05, 0.1) is 13.2 Å². The van der Waals surface area contributed by atoms with E-state index in [0.29, 0.717) is 19.7 Å². The smallest absolute Gasteiger partial charge is 0.409 e. The summed E-state index contributed by atoms with van der Waals surface area (Å²) in [5.74, 6) is 0.809. The van der Waals surface area contributed by atoms with E-state index in [1.54, 1.807) is 4.90 Å². The topological polar surface area (TPSA) is 59.0 Å². The van der Waals surface area contributed by atoms with Gasteiger partial charge in [-0.15, -0.1) is 0 Å². The molecule has 1 saturated heterocycles. The predicted molar refractivity (Wildman–Crippen MR) is 97.1 cm³/mol. The van der Waals surface area contributed by atoms with Crippen molar-refractivity contribution in [2.75, 3.05) is 19.7 Å². The standard InChI is InChI=1S/C18H29NO4Si/c1-24(2,3)13-12-22-18(21)19-10-8-17(9-11-19)23-16-6-4-15(14-20)5-7-16/h4-7,17,20H,8-14H2,1-3H3. The van der Waals surface area contributed by atoms with Gasteiger partial charge in [-0.3, -0.25) is 0 Å². The molecule has 1 aromatic carbocycles. The summed E-state index contributed by atoms with van der Waals surface area (Å²) >= 11 is 0. The third kappa shape index (κ3) is 6.17. The SMILES string of the molecule is C[Si](C)(C)CCOC(=O)N1CCC(Oc2ccc(CO)cc2)CC1. The minimum absolute atomic E-state index is 0.0402. The van der Waals surface area contributed by atoms with Crippen LogP contribution in [0, 0.1) is 0 Å². The average molecular weight is 352 g/mol. The van der Waals surface area contributed by atoms with Gasteiger partial charge in [0.15, 0.2) is 0 Å². The maximum absolute atomic E-state index is 12.1. The van der Waals surface area contributed by atoms with E-state index in [-0.39, 0.29) is 18.8 Å². The van der Waals surface area contributed by atoms with Gasteiger partial charge in [-0.05, 0) is 23.7 Å². The Labute approximate surface area is 145 Å². The molecule has 0 bridgehead atoms. The van der Waals surface area contributed by atoms with Crippen LogP contribution in [-0.2, 0) is 11.3 Å². The Morgan fingerprint density at radius 1 is 1.21 bits per heavy atom. The first-order valence-electron chi connectivity index (χ1n) is 8.65. The molecule has 1 aromatic rings. The molecule has 2 rings (SSSR count). The zero-order valence-corrected chi connectivity index (χ0v) is 16.0. The molecular formula is C18H29NO4Si. The van der Waals surface area contributed by atoms with Crippen LogP contribution in [0.15, 0.2) is 24.3 Å². The van der Waals surface area contributed by atoms with Crippen LogP contribution in [0.3, 0.4) is 0 Å². The number of rotatable bonds is 6. The van der Waals surface area contributed by atoms with E-state index in [2.05, 4.69) is 19.6 Å². The number of carbonyl (C=O) groups excluding carboxylic acids is 1. The first kappa shape index (κ1) is 18.8. The molecule has 5 nitrogen and oxygen atoms in total. The summed E-state index contributed by atoms with van der Waals surface area (Å²) in [6.45, 7) is 8.74. The Balaban J connectivity index is 1.71. The molecule has 1 aliphatic heterocycles. The Morgan fingerprint density at radius 2 is 1.83 bits per heavy atom. The van der Waals surface area contributed by atoms with E-state index in [4.69, 9.17) is 14.6 Å². The van der Waals surface area contributed by atoms with E-state index in [1.165, 1.54) is 0 Å². The van der Waals surface area contributed by atoms with Crippen molar-refractivity contribution in [3.05, 3.63) is 29.8 Å². The van der Waals surface area contributed by atoms with Gasteiger partial charge in [0.25, 0.3) is 0 Å². The summed E-state index contributed by atoms with van der Waals surface area (Å²) in [4.78, 5) is 13.9. The lowest BCUT2D eigenvalue weighted by Gasteiger charge is -2.31. The zero-order valence-electron chi connectivity index (χ0n) is 15.0. The summed E-state index contributed by atoms with van der Waals surface area (Å²) in [6.07, 6.45) is 1.55. The largest absolute Gasteiger partial charge is 0.490 e. The van der Waals surface area contributed by atoms with Crippen LogP contribution in [-0.4, -0.2) is 50.0 Å². The summed E-state index contributed by atoms with van der Waals surface area (Å²) in [5.41, 5.74) is 0.873. The number of benzene rings is 1. The van der Waals surface area contributed by atoms with E-state index >= 15 is 0 Å². The molecule has 1 amide bonds. The molecule has 0 radical (unpaired) electrons. The number of hydrogen-bond acceptors (Lipinski definition) is 4. The fourth-order valence-corrected chi connectivity index (χ4v) is 3.27. The van der Waals surface area contributed by atoms with Crippen molar-refractivity contribution >= 4 is 14.2 Å². The van der Waals surface area contributed by atoms with Gasteiger partial charge < -0.3 is 19.5 Å². The quantitative estimate of drug-likeness (QED) is 0.797. The zero-order chi connectivity index (χ0) is 17.6. The van der Waals surface area contributed by atoms with Gasteiger partial charge in [0.2, 0.25) is 0 Å². The number of piperidine rings is 1. The number of hydrogen-bond donors (Lipinski definition) is 1. The van der Waals surface area contributed by atoms with Crippen molar-refractivity contribution in [2.24, 2.45) is 0 Å². The molecule has 0 spiro atoms. The maximum atomic E-state index is 12.1. The number of amides is 1. The predicted octanol–water partition coefficient (Wildman–Crippen LogP) is 3.50. The Kier molecular flexibility index (Phi) is 6.68. The van der Waals surface area contributed by atoms with Crippen molar-refractivity contribution in [1.82, 2.24) is 4.90 Å². The summed E-state index contributed by atoms with van der Waals surface area (Å²) in [7, 11) is -1.17. The van der Waals surface area contributed by atoms with Crippen LogP contribution in [0.2, 0.25) is 25.7 Å². The van der Waals surface area contributed by atoms with Gasteiger partial charge in [-0.1, -0.05) is 31.8 Å². The fraction of sp³-hybridized carbons (Fsp3) is 0.611. The fourth-order valence-electron chi connectivity index (χ4n) is 2.56. The van der Waals surface area contributed by atoms with E-state index in [1.807, 2.05) is 24.3 Å². The minimum Gasteiger partial charge on any atom is -0.490 e. The lowest BCUT2D eigenvalue weighted by molar-refractivity contribution is 0.0702. The summed E-state index contributed by atoms with van der Waals surface area (Å²) < 4.78 is 11.3. The molecule has 0 aliphatic carbocycles. The third-order valence-electron chi connectivity index (χ3n) is 4.19. The number of carbonyl (C=O) groups is 1. The first-order chi connectivity index (χ1) is 11.4. The summed E-state index contributed by atoms with van der Waals surface area (Å²) in [5, 5.41) is 9.05. The number of nitrogens with zero attached hydrogens (tertiary/aromatic N) is 1. The number of ether oxygens (including phenoxy) is 2. The van der Waals surface area contributed by atoms with Crippen LogP contribution in [0.25, 0.3) is 0 Å². The highest BCUT2D eigenvalue weighted by Gasteiger charge is 2.25. The second-order valence-electron chi connectivity index (χ2n) is 7.53. The molecule has 134 valence electrons. The van der Waals surface area contributed by atoms with Crippen LogP contribution in [0.4, 0.5) is 4.79 Å².